The van der Waals surface area contributed by atoms with Gasteiger partial charge in [0.25, 0.3) is 5.78 Å². The van der Waals surface area contributed by atoms with Crippen LogP contribution in [0.1, 0.15) is 28.3 Å². The summed E-state index contributed by atoms with van der Waals surface area (Å²) in [6, 6.07) is 25.2. The number of Topliss-reactive ketones (excluding diaryl/α,β-unsaturated/α-hetero) is 1. The molecule has 1 amide bonds. The zero-order chi connectivity index (χ0) is 30.8. The molecule has 1 fully saturated rings. The fraction of sp³-hybridized carbons (Fsp3) is 0.0909. The molecule has 0 spiro atoms. The minimum Gasteiger partial charge on any atom is -0.507 e. The van der Waals surface area contributed by atoms with Crippen molar-refractivity contribution in [1.82, 2.24) is 10.2 Å². The number of para-hydroxylation sites is 1. The standard InChI is InChI=1S/C33H23F2N3O4S2/c1-19-14-15-21(17-26(19)35)29(39)27-28(20-9-7-12-24(16-20)42-23-10-3-2-4-11-23)38(31(41)30(27)40)32-36-37-33(44-32)43-18-22-8-5-6-13-25(22)34/h2-17,28,39H,18H2,1H3/t28-/m1/s1. The normalized spacial score (nSPS) is 16.0. The number of aliphatic hydroxyl groups is 1. The summed E-state index contributed by atoms with van der Waals surface area (Å²) in [6.45, 7) is 1.58. The number of thioether (sulfide) groups is 1. The highest BCUT2D eigenvalue weighted by atomic mass is 32.2. The zero-order valence-corrected chi connectivity index (χ0v) is 24.7. The van der Waals surface area contributed by atoms with E-state index in [1.807, 2.05) is 18.2 Å². The van der Waals surface area contributed by atoms with Gasteiger partial charge in [0, 0.05) is 11.3 Å². The Morgan fingerprint density at radius 3 is 2.43 bits per heavy atom. The highest BCUT2D eigenvalue weighted by Gasteiger charge is 2.48. The third-order valence-electron chi connectivity index (χ3n) is 6.95. The first-order chi connectivity index (χ1) is 21.3. The van der Waals surface area contributed by atoms with Crippen molar-refractivity contribution < 1.29 is 28.2 Å². The Balaban J connectivity index is 1.41. The second-order valence-corrected chi connectivity index (χ2v) is 12.0. The van der Waals surface area contributed by atoms with Crippen LogP contribution in [0.15, 0.2) is 107 Å². The maximum absolute atomic E-state index is 14.5. The van der Waals surface area contributed by atoms with Crippen molar-refractivity contribution >= 4 is 45.7 Å². The lowest BCUT2D eigenvalue weighted by molar-refractivity contribution is -0.132. The zero-order valence-electron chi connectivity index (χ0n) is 23.1. The number of carbonyl (C=O) groups excluding carboxylic acids is 2. The van der Waals surface area contributed by atoms with Crippen LogP contribution in [0.25, 0.3) is 5.76 Å². The van der Waals surface area contributed by atoms with Gasteiger partial charge in [-0.05, 0) is 60.0 Å². The number of ether oxygens (including phenoxy) is 1. The number of anilines is 1. The molecule has 1 aromatic heterocycles. The van der Waals surface area contributed by atoms with E-state index in [0.717, 1.165) is 17.4 Å². The molecule has 0 saturated carbocycles. The average Bonchev–Trinajstić information content (AvgIpc) is 3.60. The maximum Gasteiger partial charge on any atom is 0.301 e. The monoisotopic (exact) mass is 627 g/mol. The van der Waals surface area contributed by atoms with Crippen molar-refractivity contribution in [3.05, 3.63) is 137 Å². The van der Waals surface area contributed by atoms with Crippen molar-refractivity contribution in [3.8, 4) is 11.5 Å². The first-order valence-electron chi connectivity index (χ1n) is 13.4. The Hall–Kier alpha value is -4.87. The van der Waals surface area contributed by atoms with Crippen molar-refractivity contribution in [1.29, 1.82) is 0 Å². The van der Waals surface area contributed by atoms with Crippen molar-refractivity contribution in [3.63, 3.8) is 0 Å². The summed E-state index contributed by atoms with van der Waals surface area (Å²) in [7, 11) is 0. The van der Waals surface area contributed by atoms with Crippen LogP contribution >= 0.6 is 23.1 Å². The predicted molar refractivity (Wildman–Crippen MR) is 165 cm³/mol. The number of rotatable bonds is 8. The topological polar surface area (TPSA) is 92.6 Å². The van der Waals surface area contributed by atoms with Gasteiger partial charge in [-0.3, -0.25) is 14.5 Å². The maximum atomic E-state index is 14.5. The average molecular weight is 628 g/mol. The molecule has 1 N–H and O–H groups in total. The molecule has 1 aliphatic rings. The van der Waals surface area contributed by atoms with Gasteiger partial charge < -0.3 is 9.84 Å². The molecule has 220 valence electrons. The van der Waals surface area contributed by atoms with Crippen LogP contribution < -0.4 is 9.64 Å². The third kappa shape index (κ3) is 5.84. The van der Waals surface area contributed by atoms with E-state index >= 15 is 0 Å². The molecule has 2 heterocycles. The fourth-order valence-corrected chi connectivity index (χ4v) is 6.58. The molecule has 5 aromatic rings. The number of hydrogen-bond donors (Lipinski definition) is 1. The molecule has 0 bridgehead atoms. The van der Waals surface area contributed by atoms with Crippen LogP contribution in [0.5, 0.6) is 11.5 Å². The number of nitrogens with zero attached hydrogens (tertiary/aromatic N) is 3. The Morgan fingerprint density at radius 1 is 0.909 bits per heavy atom. The summed E-state index contributed by atoms with van der Waals surface area (Å²) >= 11 is 2.29. The number of hydrogen-bond acceptors (Lipinski definition) is 8. The first kappa shape index (κ1) is 29.2. The highest BCUT2D eigenvalue weighted by Crippen LogP contribution is 2.45. The number of benzene rings is 4. The summed E-state index contributed by atoms with van der Waals surface area (Å²) < 4.78 is 35.1. The molecule has 11 heteroatoms. The van der Waals surface area contributed by atoms with Crippen molar-refractivity contribution in [2.24, 2.45) is 0 Å². The summed E-state index contributed by atoms with van der Waals surface area (Å²) in [6.07, 6.45) is 0. The van der Waals surface area contributed by atoms with E-state index in [2.05, 4.69) is 10.2 Å². The summed E-state index contributed by atoms with van der Waals surface area (Å²) in [4.78, 5) is 28.3. The van der Waals surface area contributed by atoms with Crippen molar-refractivity contribution in [2.45, 2.75) is 23.1 Å². The molecule has 0 unspecified atom stereocenters. The van der Waals surface area contributed by atoms with E-state index in [1.54, 1.807) is 61.5 Å². The Bertz CT molecular complexity index is 1910. The molecule has 44 heavy (non-hydrogen) atoms. The van der Waals surface area contributed by atoms with E-state index in [1.165, 1.54) is 34.9 Å². The number of carbonyl (C=O) groups is 2. The van der Waals surface area contributed by atoms with Crippen LogP contribution in [0, 0.1) is 18.6 Å². The van der Waals surface area contributed by atoms with Crippen LogP contribution in [0.2, 0.25) is 0 Å². The van der Waals surface area contributed by atoms with Gasteiger partial charge in [-0.2, -0.15) is 0 Å². The van der Waals surface area contributed by atoms with Gasteiger partial charge in [-0.15, -0.1) is 10.2 Å². The van der Waals surface area contributed by atoms with E-state index in [-0.39, 0.29) is 27.8 Å². The molecule has 0 radical (unpaired) electrons. The number of aromatic nitrogens is 2. The van der Waals surface area contributed by atoms with Crippen LogP contribution in [-0.2, 0) is 15.3 Å². The lowest BCUT2D eigenvalue weighted by Crippen LogP contribution is -2.29. The summed E-state index contributed by atoms with van der Waals surface area (Å²) in [5.41, 5.74) is 1.11. The number of amides is 1. The van der Waals surface area contributed by atoms with Gasteiger partial charge in [0.05, 0.1) is 11.6 Å². The van der Waals surface area contributed by atoms with Gasteiger partial charge in [-0.25, -0.2) is 8.78 Å². The van der Waals surface area contributed by atoms with Crippen molar-refractivity contribution in [2.75, 3.05) is 4.90 Å². The fourth-order valence-electron chi connectivity index (χ4n) is 4.73. The quantitative estimate of drug-likeness (QED) is 0.0616. The second kappa shape index (κ2) is 12.4. The molecular weight excluding hydrogens is 605 g/mol. The Labute approximate surface area is 259 Å². The minimum absolute atomic E-state index is 0.0474. The lowest BCUT2D eigenvalue weighted by Gasteiger charge is -2.23. The van der Waals surface area contributed by atoms with Gasteiger partial charge in [0.15, 0.2) is 4.34 Å². The molecule has 1 aliphatic heterocycles. The molecule has 1 saturated heterocycles. The van der Waals surface area contributed by atoms with Gasteiger partial charge in [-0.1, -0.05) is 83.8 Å². The van der Waals surface area contributed by atoms with E-state index in [9.17, 15) is 23.5 Å². The van der Waals surface area contributed by atoms with Crippen LogP contribution in [0.4, 0.5) is 13.9 Å². The van der Waals surface area contributed by atoms with E-state index in [4.69, 9.17) is 4.74 Å². The minimum atomic E-state index is -1.13. The van der Waals surface area contributed by atoms with Gasteiger partial charge in [0.1, 0.15) is 28.9 Å². The molecule has 4 aromatic carbocycles. The second-order valence-electron chi connectivity index (χ2n) is 9.85. The van der Waals surface area contributed by atoms with Gasteiger partial charge in [0.2, 0.25) is 5.13 Å². The molecule has 0 aliphatic carbocycles. The molecule has 6 rings (SSSR count). The number of ketones is 1. The predicted octanol–water partition coefficient (Wildman–Crippen LogP) is 7.84. The summed E-state index contributed by atoms with van der Waals surface area (Å²) in [5.74, 6) is -2.05. The summed E-state index contributed by atoms with van der Waals surface area (Å²) in [5, 5.41) is 19.8. The van der Waals surface area contributed by atoms with E-state index in [0.29, 0.717) is 32.5 Å². The molecule has 7 nitrogen and oxygen atoms in total. The Kier molecular flexibility index (Phi) is 8.23. The van der Waals surface area contributed by atoms with E-state index < -0.39 is 29.3 Å². The largest absolute Gasteiger partial charge is 0.507 e. The lowest BCUT2D eigenvalue weighted by atomic mass is 9.95. The molecule has 1 atom stereocenters. The first-order valence-corrected chi connectivity index (χ1v) is 15.2. The van der Waals surface area contributed by atoms with Crippen LogP contribution in [-0.4, -0.2) is 27.0 Å². The van der Waals surface area contributed by atoms with Crippen LogP contribution in [0.3, 0.4) is 0 Å². The smallest absolute Gasteiger partial charge is 0.301 e. The third-order valence-corrected chi connectivity index (χ3v) is 9.06. The molecular formula is C33H23F2N3O4S2. The Morgan fingerprint density at radius 2 is 1.66 bits per heavy atom. The number of aliphatic hydroxyl groups excluding tert-OH is 1. The SMILES string of the molecule is Cc1ccc(C(O)=C2C(=O)C(=O)N(c3nnc(SCc4ccccc4F)s3)[C@@H]2c2cccc(Oc3ccccc3)c2)cc1F. The number of halogens is 2. The number of aryl methyl sites for hydroxylation is 1. The highest BCUT2D eigenvalue weighted by molar-refractivity contribution is 8.00. The van der Waals surface area contributed by atoms with Gasteiger partial charge >= 0.3 is 5.91 Å².